The number of benzene rings is 2. The average Bonchev–Trinajstić information content (AvgIpc) is 3.35. The van der Waals surface area contributed by atoms with E-state index in [9.17, 15) is 14.4 Å². The summed E-state index contributed by atoms with van der Waals surface area (Å²) in [6, 6.07) is 19.8. The van der Waals surface area contributed by atoms with Gasteiger partial charge in [-0.1, -0.05) is 60.7 Å². The lowest BCUT2D eigenvalue weighted by Gasteiger charge is -2.14. The molecular formula is C24H25N5O6. The first-order chi connectivity index (χ1) is 17.1. The molecule has 0 radical (unpaired) electrons. The summed E-state index contributed by atoms with van der Waals surface area (Å²) in [5.41, 5.74) is 1.26. The van der Waals surface area contributed by atoms with Crippen LogP contribution in [0.25, 0.3) is 0 Å². The van der Waals surface area contributed by atoms with Crippen molar-refractivity contribution >= 4 is 17.9 Å². The van der Waals surface area contributed by atoms with Crippen LogP contribution < -0.4 is 21.6 Å². The minimum atomic E-state index is -0.823. The van der Waals surface area contributed by atoms with Crippen molar-refractivity contribution in [3.63, 3.8) is 0 Å². The third kappa shape index (κ3) is 7.13. The number of hydrogen-bond acceptors (Lipinski definition) is 7. The topological polar surface area (TPSA) is 133 Å². The van der Waals surface area contributed by atoms with Gasteiger partial charge in [0.25, 0.3) is 0 Å². The fraction of sp³-hybridized carbons (Fsp3) is 0.250. The highest BCUT2D eigenvalue weighted by atomic mass is 16.7. The normalized spacial score (nSPS) is 16.9. The van der Waals surface area contributed by atoms with E-state index in [4.69, 9.17) is 14.2 Å². The fourth-order valence-corrected chi connectivity index (χ4v) is 3.28. The zero-order valence-corrected chi connectivity index (χ0v) is 18.8. The van der Waals surface area contributed by atoms with Crippen molar-refractivity contribution in [1.29, 1.82) is 0 Å². The summed E-state index contributed by atoms with van der Waals surface area (Å²) in [5, 5.41) is 7.86. The molecule has 3 N–H and O–H groups in total. The van der Waals surface area contributed by atoms with E-state index in [0.717, 1.165) is 11.1 Å². The Labute approximate surface area is 201 Å². The maximum absolute atomic E-state index is 12.4. The molecule has 1 fully saturated rings. The number of rotatable bonds is 8. The second-order valence-corrected chi connectivity index (χ2v) is 7.59. The van der Waals surface area contributed by atoms with E-state index in [1.165, 1.54) is 16.8 Å². The SMILES string of the molecule is O=C(NCc1ccccc1)Nc1ccn([C@@H]2CO[C@H](COC(=O)NCc3ccccc3)O2)c(=O)n1. The summed E-state index contributed by atoms with van der Waals surface area (Å²) >= 11 is 0. The summed E-state index contributed by atoms with van der Waals surface area (Å²) in [7, 11) is 0. The largest absolute Gasteiger partial charge is 0.444 e. The summed E-state index contributed by atoms with van der Waals surface area (Å²) in [6.45, 7) is 0.608. The van der Waals surface area contributed by atoms with Crippen LogP contribution >= 0.6 is 0 Å². The van der Waals surface area contributed by atoms with E-state index in [0.29, 0.717) is 13.1 Å². The highest BCUT2D eigenvalue weighted by molar-refractivity contribution is 5.88. The Morgan fingerprint density at radius 2 is 1.63 bits per heavy atom. The van der Waals surface area contributed by atoms with Crippen molar-refractivity contribution < 1.29 is 23.8 Å². The second kappa shape index (κ2) is 11.8. The molecule has 35 heavy (non-hydrogen) atoms. The van der Waals surface area contributed by atoms with Crippen LogP contribution in [-0.2, 0) is 27.3 Å². The highest BCUT2D eigenvalue weighted by Crippen LogP contribution is 2.20. The van der Waals surface area contributed by atoms with Crippen molar-refractivity contribution in [2.24, 2.45) is 0 Å². The van der Waals surface area contributed by atoms with E-state index in [-0.39, 0.29) is 19.0 Å². The van der Waals surface area contributed by atoms with Gasteiger partial charge >= 0.3 is 17.8 Å². The standard InChI is InChI=1S/C24H25N5O6/c30-22(25-13-17-7-3-1-4-8-17)27-19-11-12-29(23(31)28-19)20-15-33-21(35-20)16-34-24(32)26-14-18-9-5-2-6-10-18/h1-12,20-21H,13-16H2,(H,26,32)(H2,25,27,28,30,31)/t20-,21-/m0/s1. The van der Waals surface area contributed by atoms with Crippen LogP contribution in [0.1, 0.15) is 17.4 Å². The van der Waals surface area contributed by atoms with Gasteiger partial charge in [0.05, 0.1) is 6.61 Å². The van der Waals surface area contributed by atoms with Gasteiger partial charge in [0.2, 0.25) is 0 Å². The minimum absolute atomic E-state index is 0.0750. The number of ether oxygens (including phenoxy) is 3. The molecule has 3 aromatic rings. The maximum Gasteiger partial charge on any atom is 0.407 e. The van der Waals surface area contributed by atoms with Crippen molar-refractivity contribution in [2.45, 2.75) is 25.6 Å². The molecule has 11 heteroatoms. The van der Waals surface area contributed by atoms with E-state index in [1.54, 1.807) is 0 Å². The number of carbonyl (C=O) groups excluding carboxylic acids is 2. The maximum atomic E-state index is 12.4. The zero-order chi connectivity index (χ0) is 24.5. The molecule has 2 atom stereocenters. The lowest BCUT2D eigenvalue weighted by atomic mass is 10.2. The molecule has 0 spiro atoms. The summed E-state index contributed by atoms with van der Waals surface area (Å²) < 4.78 is 17.5. The predicted molar refractivity (Wildman–Crippen MR) is 125 cm³/mol. The van der Waals surface area contributed by atoms with Crippen LogP contribution in [0.15, 0.2) is 77.7 Å². The number of urea groups is 1. The van der Waals surface area contributed by atoms with Crippen LogP contribution in [0.5, 0.6) is 0 Å². The van der Waals surface area contributed by atoms with Crippen molar-refractivity contribution in [2.75, 3.05) is 18.5 Å². The van der Waals surface area contributed by atoms with Gasteiger partial charge in [-0.3, -0.25) is 9.88 Å². The van der Waals surface area contributed by atoms with Crippen molar-refractivity contribution in [3.8, 4) is 0 Å². The molecule has 11 nitrogen and oxygen atoms in total. The molecule has 2 aromatic carbocycles. The first-order valence-electron chi connectivity index (χ1n) is 11.0. The zero-order valence-electron chi connectivity index (χ0n) is 18.8. The Morgan fingerprint density at radius 3 is 2.29 bits per heavy atom. The molecule has 3 amide bonds. The van der Waals surface area contributed by atoms with Crippen molar-refractivity contribution in [1.82, 2.24) is 20.2 Å². The smallest absolute Gasteiger partial charge is 0.407 e. The van der Waals surface area contributed by atoms with Crippen molar-refractivity contribution in [3.05, 3.63) is 94.5 Å². The lowest BCUT2D eigenvalue weighted by molar-refractivity contribution is -0.101. The quantitative estimate of drug-likeness (QED) is 0.452. The van der Waals surface area contributed by atoms with Gasteiger partial charge in [-0.15, -0.1) is 0 Å². The summed E-state index contributed by atoms with van der Waals surface area (Å²) in [6.07, 6.45) is -0.719. The molecule has 0 saturated carbocycles. The van der Waals surface area contributed by atoms with Crippen LogP contribution in [-0.4, -0.2) is 41.2 Å². The second-order valence-electron chi connectivity index (χ2n) is 7.59. The molecule has 1 aliphatic rings. The first kappa shape index (κ1) is 23.9. The number of amides is 3. The third-order valence-corrected chi connectivity index (χ3v) is 5.04. The third-order valence-electron chi connectivity index (χ3n) is 5.04. The van der Waals surface area contributed by atoms with Gasteiger partial charge in [-0.25, -0.2) is 14.4 Å². The first-order valence-corrected chi connectivity index (χ1v) is 11.0. The Morgan fingerprint density at radius 1 is 0.971 bits per heavy atom. The average molecular weight is 479 g/mol. The monoisotopic (exact) mass is 479 g/mol. The van der Waals surface area contributed by atoms with Gasteiger partial charge in [-0.05, 0) is 17.2 Å². The van der Waals surface area contributed by atoms with Gasteiger partial charge < -0.3 is 24.8 Å². The number of aromatic nitrogens is 2. The van der Waals surface area contributed by atoms with Crippen LogP contribution in [0, 0.1) is 0 Å². The van der Waals surface area contributed by atoms with Crippen LogP contribution in [0.3, 0.4) is 0 Å². The Balaban J connectivity index is 1.21. The molecule has 0 bridgehead atoms. The molecule has 1 saturated heterocycles. The lowest BCUT2D eigenvalue weighted by Crippen LogP contribution is -2.32. The van der Waals surface area contributed by atoms with Crippen LogP contribution in [0.4, 0.5) is 15.4 Å². The molecule has 1 aliphatic heterocycles. The molecular weight excluding hydrogens is 454 g/mol. The Bertz CT molecular complexity index is 1190. The Hall–Kier alpha value is -4.22. The van der Waals surface area contributed by atoms with Gasteiger partial charge in [0, 0.05) is 19.3 Å². The van der Waals surface area contributed by atoms with Gasteiger partial charge in [0.15, 0.2) is 12.5 Å². The predicted octanol–water partition coefficient (Wildman–Crippen LogP) is 2.36. The minimum Gasteiger partial charge on any atom is -0.444 e. The van der Waals surface area contributed by atoms with Gasteiger partial charge in [0.1, 0.15) is 12.4 Å². The van der Waals surface area contributed by atoms with E-state index < -0.39 is 30.3 Å². The molecule has 1 aromatic heterocycles. The van der Waals surface area contributed by atoms with Crippen LogP contribution in [0.2, 0.25) is 0 Å². The Kier molecular flexibility index (Phi) is 8.04. The number of carbonyl (C=O) groups is 2. The number of hydrogen-bond donors (Lipinski definition) is 3. The molecule has 0 unspecified atom stereocenters. The highest BCUT2D eigenvalue weighted by Gasteiger charge is 2.29. The fourth-order valence-electron chi connectivity index (χ4n) is 3.28. The van der Waals surface area contributed by atoms with E-state index in [1.807, 2.05) is 60.7 Å². The van der Waals surface area contributed by atoms with Gasteiger partial charge in [-0.2, -0.15) is 4.98 Å². The summed E-state index contributed by atoms with van der Waals surface area (Å²) in [4.78, 5) is 40.3. The molecule has 4 rings (SSSR count). The molecule has 0 aliphatic carbocycles. The number of alkyl carbamates (subject to hydrolysis) is 1. The molecule has 182 valence electrons. The van der Waals surface area contributed by atoms with E-state index >= 15 is 0 Å². The van der Waals surface area contributed by atoms with E-state index in [2.05, 4.69) is 20.9 Å². The number of nitrogens with zero attached hydrogens (tertiary/aromatic N) is 2. The number of anilines is 1. The number of nitrogens with one attached hydrogen (secondary N) is 3. The molecule has 2 heterocycles. The summed E-state index contributed by atoms with van der Waals surface area (Å²) in [5.74, 6) is 0.102.